The highest BCUT2D eigenvalue weighted by molar-refractivity contribution is 6.05. The summed E-state index contributed by atoms with van der Waals surface area (Å²) in [7, 11) is 0. The molecule has 1 aromatic rings. The molecule has 0 atom stereocenters. The summed E-state index contributed by atoms with van der Waals surface area (Å²) in [5.74, 6) is -2.72. The van der Waals surface area contributed by atoms with Crippen LogP contribution in [-0.4, -0.2) is 32.9 Å². The monoisotopic (exact) mass is 412 g/mol. The minimum Gasteiger partial charge on any atom is -0.512 e. The molecule has 3 N–H and O–H groups in total. The van der Waals surface area contributed by atoms with Crippen molar-refractivity contribution in [3.8, 4) is 0 Å². The first-order chi connectivity index (χ1) is 13.8. The maximum absolute atomic E-state index is 13.1. The van der Waals surface area contributed by atoms with Crippen molar-refractivity contribution < 1.29 is 29.7 Å². The third-order valence-electron chi connectivity index (χ3n) is 5.86. The summed E-state index contributed by atoms with van der Waals surface area (Å²) >= 11 is 0. The fourth-order valence-electron chi connectivity index (χ4n) is 4.55. The molecule has 2 aliphatic carbocycles. The zero-order chi connectivity index (χ0) is 22.4. The Kier molecular flexibility index (Phi) is 5.39. The highest BCUT2D eigenvalue weighted by Crippen LogP contribution is 2.47. The molecule has 6 heteroatoms. The van der Waals surface area contributed by atoms with Crippen LogP contribution in [0.1, 0.15) is 75.2 Å². The van der Waals surface area contributed by atoms with Crippen LogP contribution in [-0.2, 0) is 9.59 Å². The quantitative estimate of drug-likeness (QED) is 0.650. The maximum Gasteiger partial charge on any atom is 0.335 e. The molecule has 0 fully saturated rings. The second-order valence-corrected chi connectivity index (χ2v) is 9.96. The van der Waals surface area contributed by atoms with E-state index in [-0.39, 0.29) is 65.5 Å². The predicted molar refractivity (Wildman–Crippen MR) is 111 cm³/mol. The van der Waals surface area contributed by atoms with Gasteiger partial charge in [0.1, 0.15) is 11.5 Å². The number of Topliss-reactive ketones (excluding diaryl/α,β-unsaturated/α-hetero) is 2. The number of ketones is 2. The van der Waals surface area contributed by atoms with Crippen LogP contribution >= 0.6 is 0 Å². The molecule has 0 spiro atoms. The molecule has 1 aromatic carbocycles. The van der Waals surface area contributed by atoms with Gasteiger partial charge in [-0.3, -0.25) is 9.59 Å². The lowest BCUT2D eigenvalue weighted by molar-refractivity contribution is -0.119. The van der Waals surface area contributed by atoms with E-state index in [1.807, 2.05) is 27.7 Å². The number of carbonyl (C=O) groups excluding carboxylic acids is 2. The number of rotatable bonds is 4. The van der Waals surface area contributed by atoms with Gasteiger partial charge in [-0.1, -0.05) is 39.8 Å². The first kappa shape index (κ1) is 21.8. The van der Waals surface area contributed by atoms with Gasteiger partial charge in [-0.05, 0) is 28.5 Å². The Morgan fingerprint density at radius 3 is 1.53 bits per heavy atom. The minimum absolute atomic E-state index is 0.0705. The Morgan fingerprint density at radius 1 is 0.800 bits per heavy atom. The molecule has 6 nitrogen and oxygen atoms in total. The van der Waals surface area contributed by atoms with E-state index in [1.165, 1.54) is 24.3 Å². The van der Waals surface area contributed by atoms with Crippen molar-refractivity contribution >= 4 is 17.5 Å². The van der Waals surface area contributed by atoms with Crippen LogP contribution < -0.4 is 0 Å². The molecular formula is C24H28O6. The second kappa shape index (κ2) is 7.42. The van der Waals surface area contributed by atoms with Gasteiger partial charge in [0.05, 0.1) is 5.56 Å². The van der Waals surface area contributed by atoms with Crippen molar-refractivity contribution in [2.24, 2.45) is 10.8 Å². The Morgan fingerprint density at radius 2 is 1.20 bits per heavy atom. The molecule has 0 saturated carbocycles. The number of hydrogen-bond acceptors (Lipinski definition) is 5. The Labute approximate surface area is 175 Å². The molecule has 3 rings (SSSR count). The average molecular weight is 412 g/mol. The highest BCUT2D eigenvalue weighted by atomic mass is 16.4. The fraction of sp³-hybridized carbons (Fsp3) is 0.458. The van der Waals surface area contributed by atoms with Crippen molar-refractivity contribution in [2.45, 2.75) is 59.3 Å². The summed E-state index contributed by atoms with van der Waals surface area (Å²) < 4.78 is 0. The van der Waals surface area contributed by atoms with E-state index in [1.54, 1.807) is 0 Å². The summed E-state index contributed by atoms with van der Waals surface area (Å²) in [4.78, 5) is 37.4. The smallest absolute Gasteiger partial charge is 0.335 e. The van der Waals surface area contributed by atoms with E-state index in [0.29, 0.717) is 5.56 Å². The summed E-state index contributed by atoms with van der Waals surface area (Å²) in [6.07, 6.45) is 0.991. The lowest BCUT2D eigenvalue weighted by Gasteiger charge is -2.36. The zero-order valence-corrected chi connectivity index (χ0v) is 17.8. The van der Waals surface area contributed by atoms with Crippen LogP contribution in [0.15, 0.2) is 46.9 Å². The Hall–Kier alpha value is -2.89. The molecule has 0 bridgehead atoms. The molecule has 0 amide bonds. The first-order valence-corrected chi connectivity index (χ1v) is 10.0. The lowest BCUT2D eigenvalue weighted by Crippen LogP contribution is -2.33. The van der Waals surface area contributed by atoms with E-state index < -0.39 is 22.7 Å². The number of carboxylic acid groups (broad SMARTS) is 1. The van der Waals surface area contributed by atoms with E-state index in [4.69, 9.17) is 0 Å². The van der Waals surface area contributed by atoms with Gasteiger partial charge in [-0.25, -0.2) is 4.79 Å². The van der Waals surface area contributed by atoms with Crippen molar-refractivity contribution in [1.82, 2.24) is 0 Å². The molecule has 0 saturated heterocycles. The number of carbonyl (C=O) groups is 3. The van der Waals surface area contributed by atoms with Gasteiger partial charge in [0.25, 0.3) is 0 Å². The number of aliphatic hydroxyl groups excluding tert-OH is 2. The number of allylic oxidation sites excluding steroid dienone is 4. The van der Waals surface area contributed by atoms with Crippen LogP contribution in [0.4, 0.5) is 0 Å². The second-order valence-electron chi connectivity index (χ2n) is 9.96. The third kappa shape index (κ3) is 4.18. The SMILES string of the molecule is CC1(C)CC(=O)C(C(C2=C(O)CC(C)(C)CC2=O)c2ccc(C(=O)O)cc2)=C(O)C1. The van der Waals surface area contributed by atoms with Crippen LogP contribution in [0, 0.1) is 10.8 Å². The molecule has 2 aliphatic rings. The predicted octanol–water partition coefficient (Wildman–Crippen LogP) is 4.87. The van der Waals surface area contributed by atoms with Crippen molar-refractivity contribution in [2.75, 3.05) is 0 Å². The van der Waals surface area contributed by atoms with Gasteiger partial charge in [0.15, 0.2) is 11.6 Å². The molecule has 0 aliphatic heterocycles. The highest BCUT2D eigenvalue weighted by Gasteiger charge is 2.43. The number of benzene rings is 1. The fourth-order valence-corrected chi connectivity index (χ4v) is 4.55. The number of aromatic carboxylic acids is 1. The molecule has 0 radical (unpaired) electrons. The molecule has 0 unspecified atom stereocenters. The van der Waals surface area contributed by atoms with Crippen molar-refractivity contribution in [3.63, 3.8) is 0 Å². The largest absolute Gasteiger partial charge is 0.512 e. The molecule has 0 heterocycles. The van der Waals surface area contributed by atoms with E-state index >= 15 is 0 Å². The number of carboxylic acids is 1. The van der Waals surface area contributed by atoms with E-state index in [0.717, 1.165) is 0 Å². The standard InChI is InChI=1S/C24H28O6/c1-23(2)9-15(25)20(16(26)10-23)19(13-5-7-14(8-6-13)22(29)30)21-17(27)11-24(3,4)12-18(21)28/h5-8,19,25,27H,9-12H2,1-4H3,(H,29,30). The van der Waals surface area contributed by atoms with E-state index in [2.05, 4.69) is 0 Å². The molecular weight excluding hydrogens is 384 g/mol. The zero-order valence-electron chi connectivity index (χ0n) is 17.8. The number of aliphatic hydroxyl groups is 2. The first-order valence-electron chi connectivity index (χ1n) is 10.0. The lowest BCUT2D eigenvalue weighted by atomic mass is 9.67. The summed E-state index contributed by atoms with van der Waals surface area (Å²) in [6.45, 7) is 7.55. The molecule has 160 valence electrons. The van der Waals surface area contributed by atoms with Crippen LogP contribution in [0.5, 0.6) is 0 Å². The number of hydrogen-bond donors (Lipinski definition) is 3. The van der Waals surface area contributed by atoms with Gasteiger partial charge in [-0.15, -0.1) is 0 Å². The van der Waals surface area contributed by atoms with Crippen LogP contribution in [0.3, 0.4) is 0 Å². The maximum atomic E-state index is 13.1. The Balaban J connectivity index is 2.21. The van der Waals surface area contributed by atoms with Crippen molar-refractivity contribution in [1.29, 1.82) is 0 Å². The van der Waals surface area contributed by atoms with Gasteiger partial charge < -0.3 is 15.3 Å². The summed E-state index contributed by atoms with van der Waals surface area (Å²) in [5.41, 5.74) is -0.0151. The van der Waals surface area contributed by atoms with Crippen LogP contribution in [0.2, 0.25) is 0 Å². The minimum atomic E-state index is -1.09. The van der Waals surface area contributed by atoms with Crippen molar-refractivity contribution in [3.05, 3.63) is 58.1 Å². The van der Waals surface area contributed by atoms with Gasteiger partial charge >= 0.3 is 5.97 Å². The summed E-state index contributed by atoms with van der Waals surface area (Å²) in [6, 6.07) is 5.87. The van der Waals surface area contributed by atoms with E-state index in [9.17, 15) is 29.7 Å². The molecule has 0 aromatic heterocycles. The van der Waals surface area contributed by atoms with Gasteiger partial charge in [0.2, 0.25) is 0 Å². The van der Waals surface area contributed by atoms with Gasteiger partial charge in [-0.2, -0.15) is 0 Å². The molecule has 30 heavy (non-hydrogen) atoms. The topological polar surface area (TPSA) is 112 Å². The van der Waals surface area contributed by atoms with Gasteiger partial charge in [0, 0.05) is 42.7 Å². The third-order valence-corrected chi connectivity index (χ3v) is 5.86. The Bertz CT molecular complexity index is 923. The summed E-state index contributed by atoms with van der Waals surface area (Å²) in [5, 5.41) is 30.8. The normalized spacial score (nSPS) is 21.4. The average Bonchev–Trinajstić information content (AvgIpc) is 2.57. The van der Waals surface area contributed by atoms with Crippen LogP contribution in [0.25, 0.3) is 0 Å².